The quantitative estimate of drug-likeness (QED) is 0.105. The van der Waals surface area contributed by atoms with Crippen LogP contribution in [0.5, 0.6) is 28.7 Å². The Morgan fingerprint density at radius 3 is 2.28 bits per heavy atom. The summed E-state index contributed by atoms with van der Waals surface area (Å²) in [4.78, 5) is 35.7. The van der Waals surface area contributed by atoms with Gasteiger partial charge in [0.15, 0.2) is 17.3 Å². The standard InChI is InChI=1S/C24H22O15/c25-9-4-12(28)17-13(5-9)37-22(8-1-2-10(26)11(27)3-8)23(19(17)33)39-24-21(35)20(34)18(32)14(38-24)7-36-16(31)6-15(29)30/h1-5,14,18,20-21,24-28,32,34-35H,6-7H2,(H,29,30)/t14-,18+,20+,21-,24+/m1/s1. The van der Waals surface area contributed by atoms with Crippen LogP contribution >= 0.6 is 0 Å². The van der Waals surface area contributed by atoms with E-state index in [0.29, 0.717) is 0 Å². The van der Waals surface area contributed by atoms with E-state index in [2.05, 4.69) is 0 Å². The molecule has 0 radical (unpaired) electrons. The second-order valence-corrected chi connectivity index (χ2v) is 8.52. The second kappa shape index (κ2) is 10.7. The summed E-state index contributed by atoms with van der Waals surface area (Å²) in [7, 11) is 0. The third-order valence-corrected chi connectivity index (χ3v) is 5.76. The van der Waals surface area contributed by atoms with Crippen LogP contribution in [-0.2, 0) is 19.1 Å². The summed E-state index contributed by atoms with van der Waals surface area (Å²) in [5, 5.41) is 79.0. The van der Waals surface area contributed by atoms with E-state index in [9.17, 15) is 50.1 Å². The van der Waals surface area contributed by atoms with Crippen LogP contribution in [0.2, 0.25) is 0 Å². The number of phenols is 4. The van der Waals surface area contributed by atoms with Crippen molar-refractivity contribution in [1.82, 2.24) is 0 Å². The Kier molecular flexibility index (Phi) is 7.51. The van der Waals surface area contributed by atoms with Crippen molar-refractivity contribution in [3.8, 4) is 40.1 Å². The highest BCUT2D eigenvalue weighted by Crippen LogP contribution is 2.39. The van der Waals surface area contributed by atoms with Crippen molar-refractivity contribution in [1.29, 1.82) is 0 Å². The van der Waals surface area contributed by atoms with Crippen molar-refractivity contribution >= 4 is 22.9 Å². The van der Waals surface area contributed by atoms with Crippen LogP contribution in [0.3, 0.4) is 0 Å². The molecule has 4 rings (SSSR count). The van der Waals surface area contributed by atoms with Gasteiger partial charge in [-0.05, 0) is 18.2 Å². The number of aliphatic hydroxyl groups excluding tert-OH is 3. The summed E-state index contributed by atoms with van der Waals surface area (Å²) < 4.78 is 21.4. The fourth-order valence-electron chi connectivity index (χ4n) is 3.85. The molecular weight excluding hydrogens is 528 g/mol. The molecule has 1 aliphatic rings. The lowest BCUT2D eigenvalue weighted by atomic mass is 9.99. The van der Waals surface area contributed by atoms with Gasteiger partial charge < -0.3 is 59.5 Å². The summed E-state index contributed by atoms with van der Waals surface area (Å²) in [6, 6.07) is 5.14. The number of rotatable bonds is 7. The first-order chi connectivity index (χ1) is 18.4. The van der Waals surface area contributed by atoms with Crippen LogP contribution in [0.1, 0.15) is 6.42 Å². The predicted molar refractivity (Wildman–Crippen MR) is 125 cm³/mol. The first-order valence-electron chi connectivity index (χ1n) is 11.2. The molecule has 1 saturated heterocycles. The monoisotopic (exact) mass is 550 g/mol. The number of carboxylic acid groups (broad SMARTS) is 1. The molecule has 0 unspecified atom stereocenters. The smallest absolute Gasteiger partial charge is 0.317 e. The molecule has 1 fully saturated rings. The van der Waals surface area contributed by atoms with Crippen molar-refractivity contribution in [2.45, 2.75) is 37.1 Å². The van der Waals surface area contributed by atoms with Gasteiger partial charge in [0.25, 0.3) is 0 Å². The van der Waals surface area contributed by atoms with Crippen molar-refractivity contribution in [3.63, 3.8) is 0 Å². The molecule has 8 N–H and O–H groups in total. The fraction of sp³-hybridized carbons (Fsp3) is 0.292. The number of aliphatic carboxylic acids is 1. The average Bonchev–Trinajstić information content (AvgIpc) is 2.85. The minimum absolute atomic E-state index is 0.0489. The predicted octanol–water partition coefficient (Wildman–Crippen LogP) is -0.513. The number of phenolic OH excluding ortho intramolecular Hbond substituents is 4. The molecule has 0 aliphatic carbocycles. The lowest BCUT2D eigenvalue weighted by molar-refractivity contribution is -0.278. The van der Waals surface area contributed by atoms with Crippen molar-refractivity contribution < 1.29 is 69.1 Å². The lowest BCUT2D eigenvalue weighted by Gasteiger charge is -2.39. The van der Waals surface area contributed by atoms with Gasteiger partial charge in [0.1, 0.15) is 59.9 Å². The zero-order valence-corrected chi connectivity index (χ0v) is 19.6. The van der Waals surface area contributed by atoms with Gasteiger partial charge in [-0.25, -0.2) is 0 Å². The summed E-state index contributed by atoms with van der Waals surface area (Å²) in [6.07, 6.45) is -10.2. The number of carbonyl (C=O) groups excluding carboxylic acids is 1. The number of esters is 1. The Morgan fingerprint density at radius 1 is 0.897 bits per heavy atom. The van der Waals surface area contributed by atoms with Crippen molar-refractivity contribution in [2.24, 2.45) is 0 Å². The molecule has 15 nitrogen and oxygen atoms in total. The molecule has 3 aromatic rings. The van der Waals surface area contributed by atoms with E-state index in [1.807, 2.05) is 0 Å². The van der Waals surface area contributed by atoms with E-state index in [1.165, 1.54) is 6.07 Å². The maximum atomic E-state index is 13.4. The maximum Gasteiger partial charge on any atom is 0.317 e. The first-order valence-corrected chi connectivity index (χ1v) is 11.2. The van der Waals surface area contributed by atoms with E-state index < -0.39 is 101 Å². The molecule has 0 spiro atoms. The van der Waals surface area contributed by atoms with Crippen LogP contribution in [-0.4, -0.2) is 90.1 Å². The number of ether oxygens (including phenoxy) is 3. The largest absolute Gasteiger partial charge is 0.508 e. The van der Waals surface area contributed by atoms with E-state index >= 15 is 0 Å². The Labute approximate surface area is 216 Å². The lowest BCUT2D eigenvalue weighted by Crippen LogP contribution is -2.60. The van der Waals surface area contributed by atoms with Gasteiger partial charge in [-0.2, -0.15) is 0 Å². The Bertz CT molecular complexity index is 1480. The highest BCUT2D eigenvalue weighted by Gasteiger charge is 2.46. The number of carbonyl (C=O) groups is 2. The summed E-state index contributed by atoms with van der Waals surface area (Å²) in [6.45, 7) is -0.762. The van der Waals surface area contributed by atoms with Gasteiger partial charge in [-0.1, -0.05) is 0 Å². The average molecular weight is 550 g/mol. The molecular formula is C24H22O15. The Morgan fingerprint density at radius 2 is 1.62 bits per heavy atom. The van der Waals surface area contributed by atoms with Gasteiger partial charge in [0.05, 0.1) is 0 Å². The molecule has 1 aromatic heterocycles. The number of aromatic hydroxyl groups is 4. The number of carboxylic acids is 1. The van der Waals surface area contributed by atoms with Crippen LogP contribution in [0, 0.1) is 0 Å². The summed E-state index contributed by atoms with van der Waals surface area (Å²) >= 11 is 0. The molecule has 1 aliphatic heterocycles. The zero-order valence-electron chi connectivity index (χ0n) is 19.6. The van der Waals surface area contributed by atoms with Crippen molar-refractivity contribution in [2.75, 3.05) is 6.61 Å². The van der Waals surface area contributed by atoms with Gasteiger partial charge in [-0.3, -0.25) is 14.4 Å². The molecule has 2 aromatic carbocycles. The van der Waals surface area contributed by atoms with E-state index in [-0.39, 0.29) is 11.1 Å². The van der Waals surface area contributed by atoms with Gasteiger partial charge in [0, 0.05) is 17.7 Å². The highest BCUT2D eigenvalue weighted by molar-refractivity contribution is 5.90. The molecule has 0 bridgehead atoms. The molecule has 5 atom stereocenters. The normalized spacial score (nSPS) is 22.9. The molecule has 208 valence electrons. The number of fused-ring (bicyclic) bond motifs is 1. The SMILES string of the molecule is O=C(O)CC(=O)OC[C@H]1O[C@@H](Oc2c(-c3ccc(O)c(O)c3)oc3cc(O)cc(O)c3c2=O)[C@H](O)[C@@H](O)[C@H]1O. The third-order valence-electron chi connectivity index (χ3n) is 5.76. The summed E-state index contributed by atoms with van der Waals surface area (Å²) in [5.74, 6) is -6.09. The minimum atomic E-state index is -1.99. The molecule has 0 saturated carbocycles. The molecule has 0 amide bonds. The van der Waals surface area contributed by atoms with E-state index in [1.54, 1.807) is 0 Å². The molecule has 39 heavy (non-hydrogen) atoms. The van der Waals surface area contributed by atoms with Crippen LogP contribution in [0.25, 0.3) is 22.3 Å². The number of hydrogen-bond donors (Lipinski definition) is 8. The third kappa shape index (κ3) is 5.51. The second-order valence-electron chi connectivity index (χ2n) is 8.52. The van der Waals surface area contributed by atoms with Gasteiger partial charge in [0.2, 0.25) is 17.5 Å². The maximum absolute atomic E-state index is 13.4. The number of hydrogen-bond acceptors (Lipinski definition) is 14. The number of benzene rings is 2. The Hall–Kier alpha value is -4.57. The van der Waals surface area contributed by atoms with Crippen LogP contribution in [0.15, 0.2) is 39.5 Å². The number of aliphatic hydroxyl groups is 3. The van der Waals surface area contributed by atoms with Crippen LogP contribution < -0.4 is 10.2 Å². The van der Waals surface area contributed by atoms with Crippen LogP contribution in [0.4, 0.5) is 0 Å². The first kappa shape index (κ1) is 27.5. The molecule has 15 heteroatoms. The minimum Gasteiger partial charge on any atom is -0.508 e. The zero-order chi connectivity index (χ0) is 28.6. The van der Waals surface area contributed by atoms with Gasteiger partial charge in [-0.15, -0.1) is 0 Å². The summed E-state index contributed by atoms with van der Waals surface area (Å²) in [5.41, 5.74) is -1.40. The van der Waals surface area contributed by atoms with Crippen molar-refractivity contribution in [3.05, 3.63) is 40.6 Å². The fourth-order valence-corrected chi connectivity index (χ4v) is 3.85. The molecule has 2 heterocycles. The van der Waals surface area contributed by atoms with Gasteiger partial charge >= 0.3 is 11.9 Å². The Balaban J connectivity index is 1.76. The van der Waals surface area contributed by atoms with E-state index in [4.69, 9.17) is 23.7 Å². The van der Waals surface area contributed by atoms with E-state index in [0.717, 1.165) is 24.3 Å². The highest BCUT2D eigenvalue weighted by atomic mass is 16.7. The topological polar surface area (TPSA) is 254 Å².